The summed E-state index contributed by atoms with van der Waals surface area (Å²) in [5.41, 5.74) is 5.65. The van der Waals surface area contributed by atoms with Crippen molar-refractivity contribution in [3.63, 3.8) is 0 Å². The van der Waals surface area contributed by atoms with E-state index in [9.17, 15) is 9.59 Å². The highest BCUT2D eigenvalue weighted by atomic mass is 16.5. The van der Waals surface area contributed by atoms with Crippen LogP contribution < -0.4 is 5.69 Å². The van der Waals surface area contributed by atoms with Crippen molar-refractivity contribution in [2.24, 2.45) is 0 Å². The molecule has 166 valence electrons. The van der Waals surface area contributed by atoms with E-state index in [0.717, 1.165) is 33.4 Å². The first kappa shape index (κ1) is 20.7. The first-order chi connectivity index (χ1) is 16.0. The Morgan fingerprint density at radius 2 is 1.82 bits per heavy atom. The molecule has 0 N–H and O–H groups in total. The number of aromatic nitrogens is 5. The highest BCUT2D eigenvalue weighted by molar-refractivity contribution is 5.84. The molecule has 0 saturated carbocycles. The summed E-state index contributed by atoms with van der Waals surface area (Å²) in [4.78, 5) is 30.4. The van der Waals surface area contributed by atoms with Crippen molar-refractivity contribution >= 4 is 22.5 Å². The van der Waals surface area contributed by atoms with Gasteiger partial charge in [-0.15, -0.1) is 0 Å². The van der Waals surface area contributed by atoms with E-state index in [-0.39, 0.29) is 18.8 Å². The quantitative estimate of drug-likeness (QED) is 0.389. The normalized spacial score (nSPS) is 11.4. The molecule has 1 aromatic carbocycles. The molecular formula is C25H23N5O3. The summed E-state index contributed by atoms with van der Waals surface area (Å²) in [5.74, 6) is 0.0485. The number of carbonyl (C=O) groups is 1. The molecule has 0 amide bonds. The van der Waals surface area contributed by atoms with Gasteiger partial charge in [0.1, 0.15) is 12.4 Å². The summed E-state index contributed by atoms with van der Waals surface area (Å²) in [7, 11) is 0. The minimum Gasteiger partial charge on any atom is -0.465 e. The summed E-state index contributed by atoms with van der Waals surface area (Å²) < 4.78 is 9.90. The SMILES string of the molecule is CCOC(=O)Cn1c(=O)n(-c2ccc(-c3cnn4ccccc34)c(C)n2)c2c(C)cccc21. The maximum atomic E-state index is 13.4. The molecule has 0 fully saturated rings. The number of imidazole rings is 1. The van der Waals surface area contributed by atoms with Gasteiger partial charge in [-0.2, -0.15) is 5.10 Å². The third-order valence-electron chi connectivity index (χ3n) is 5.76. The molecule has 0 radical (unpaired) electrons. The molecule has 0 aliphatic rings. The lowest BCUT2D eigenvalue weighted by Crippen LogP contribution is -2.27. The van der Waals surface area contributed by atoms with Gasteiger partial charge in [-0.25, -0.2) is 18.9 Å². The smallest absolute Gasteiger partial charge is 0.335 e. The maximum absolute atomic E-state index is 13.4. The standard InChI is InChI=1S/C25H23N5O3/c1-4-33-23(31)15-28-21-10-7-8-16(2)24(21)30(25(28)32)22-12-11-18(17(3)27-22)19-14-26-29-13-6-5-9-20(19)29/h5-14H,4,15H2,1-3H3. The first-order valence-electron chi connectivity index (χ1n) is 10.8. The molecule has 0 atom stereocenters. The highest BCUT2D eigenvalue weighted by Crippen LogP contribution is 2.28. The van der Waals surface area contributed by atoms with Gasteiger partial charge in [0.25, 0.3) is 0 Å². The van der Waals surface area contributed by atoms with E-state index in [1.807, 2.05) is 79.3 Å². The van der Waals surface area contributed by atoms with Gasteiger partial charge in [-0.1, -0.05) is 18.2 Å². The van der Waals surface area contributed by atoms with Crippen molar-refractivity contribution in [1.82, 2.24) is 23.7 Å². The number of ether oxygens (including phenoxy) is 1. The number of hydrogen-bond acceptors (Lipinski definition) is 5. The Bertz CT molecular complexity index is 1570. The van der Waals surface area contributed by atoms with Crippen molar-refractivity contribution in [1.29, 1.82) is 0 Å². The van der Waals surface area contributed by atoms with Crippen molar-refractivity contribution in [3.8, 4) is 16.9 Å². The van der Waals surface area contributed by atoms with Crippen LogP contribution in [0.2, 0.25) is 0 Å². The molecule has 0 spiro atoms. The van der Waals surface area contributed by atoms with E-state index in [1.54, 1.807) is 11.5 Å². The molecule has 8 heteroatoms. The largest absolute Gasteiger partial charge is 0.465 e. The number of para-hydroxylation sites is 1. The average molecular weight is 441 g/mol. The van der Waals surface area contributed by atoms with Crippen LogP contribution in [-0.2, 0) is 16.1 Å². The average Bonchev–Trinajstić information content (AvgIpc) is 3.34. The van der Waals surface area contributed by atoms with E-state index in [2.05, 4.69) is 5.10 Å². The van der Waals surface area contributed by atoms with Crippen LogP contribution in [0.3, 0.4) is 0 Å². The Morgan fingerprint density at radius 1 is 1.00 bits per heavy atom. The van der Waals surface area contributed by atoms with Gasteiger partial charge >= 0.3 is 11.7 Å². The Labute approximate surface area is 189 Å². The fourth-order valence-electron chi connectivity index (χ4n) is 4.27. The number of nitrogens with zero attached hydrogens (tertiary/aromatic N) is 5. The van der Waals surface area contributed by atoms with Crippen LogP contribution in [-0.4, -0.2) is 36.3 Å². The molecular weight excluding hydrogens is 418 g/mol. The van der Waals surface area contributed by atoms with E-state index in [1.165, 1.54) is 4.57 Å². The number of carbonyl (C=O) groups excluding carboxylic acids is 1. The van der Waals surface area contributed by atoms with Crippen LogP contribution in [0.15, 0.2) is 65.7 Å². The van der Waals surface area contributed by atoms with Gasteiger partial charge in [-0.3, -0.25) is 9.36 Å². The van der Waals surface area contributed by atoms with Crippen molar-refractivity contribution < 1.29 is 9.53 Å². The first-order valence-corrected chi connectivity index (χ1v) is 10.8. The van der Waals surface area contributed by atoms with E-state index in [4.69, 9.17) is 9.72 Å². The zero-order valence-electron chi connectivity index (χ0n) is 18.6. The minimum atomic E-state index is -0.451. The van der Waals surface area contributed by atoms with E-state index in [0.29, 0.717) is 11.3 Å². The molecule has 0 aliphatic heterocycles. The van der Waals surface area contributed by atoms with Gasteiger partial charge < -0.3 is 4.74 Å². The molecule has 0 bridgehead atoms. The molecule has 4 aromatic heterocycles. The molecule has 33 heavy (non-hydrogen) atoms. The van der Waals surface area contributed by atoms with E-state index < -0.39 is 5.97 Å². The third kappa shape index (κ3) is 3.40. The molecule has 0 aliphatic carbocycles. The number of aryl methyl sites for hydroxylation is 2. The zero-order chi connectivity index (χ0) is 23.1. The monoisotopic (exact) mass is 441 g/mol. The van der Waals surface area contributed by atoms with Gasteiger partial charge in [0.15, 0.2) is 0 Å². The Balaban J connectivity index is 1.67. The Kier molecular flexibility index (Phi) is 5.05. The lowest BCUT2D eigenvalue weighted by molar-refractivity contribution is -0.143. The summed E-state index contributed by atoms with van der Waals surface area (Å²) in [5, 5.41) is 4.42. The fraction of sp³-hybridized carbons (Fsp3) is 0.200. The van der Waals surface area contributed by atoms with E-state index >= 15 is 0 Å². The number of rotatable bonds is 5. The fourth-order valence-corrected chi connectivity index (χ4v) is 4.27. The molecule has 8 nitrogen and oxygen atoms in total. The van der Waals surface area contributed by atoms with Crippen LogP contribution in [0.1, 0.15) is 18.2 Å². The second-order valence-corrected chi connectivity index (χ2v) is 7.84. The number of hydrogen-bond donors (Lipinski definition) is 0. The van der Waals surface area contributed by atoms with Crippen molar-refractivity contribution in [2.75, 3.05) is 6.61 Å². The van der Waals surface area contributed by atoms with Crippen LogP contribution in [0.4, 0.5) is 0 Å². The highest BCUT2D eigenvalue weighted by Gasteiger charge is 2.20. The Hall–Kier alpha value is -4.20. The molecule has 0 unspecified atom stereocenters. The number of esters is 1. The zero-order valence-corrected chi connectivity index (χ0v) is 18.6. The second kappa shape index (κ2) is 8.05. The molecule has 4 heterocycles. The predicted octanol–water partition coefficient (Wildman–Crippen LogP) is 3.68. The second-order valence-electron chi connectivity index (χ2n) is 7.84. The van der Waals surface area contributed by atoms with Crippen molar-refractivity contribution in [3.05, 3.63) is 82.7 Å². The lowest BCUT2D eigenvalue weighted by atomic mass is 10.1. The third-order valence-corrected chi connectivity index (χ3v) is 5.76. The molecule has 5 rings (SSSR count). The minimum absolute atomic E-state index is 0.154. The van der Waals surface area contributed by atoms with Crippen LogP contribution in [0.5, 0.6) is 0 Å². The number of pyridine rings is 2. The van der Waals surface area contributed by atoms with Crippen LogP contribution in [0, 0.1) is 13.8 Å². The maximum Gasteiger partial charge on any atom is 0.335 e. The van der Waals surface area contributed by atoms with Crippen molar-refractivity contribution in [2.45, 2.75) is 27.3 Å². The predicted molar refractivity (Wildman–Crippen MR) is 126 cm³/mol. The van der Waals surface area contributed by atoms with Gasteiger partial charge in [-0.05, 0) is 56.7 Å². The lowest BCUT2D eigenvalue weighted by Gasteiger charge is -2.09. The summed E-state index contributed by atoms with van der Waals surface area (Å²) in [6.45, 7) is 5.70. The molecule has 0 saturated heterocycles. The summed E-state index contributed by atoms with van der Waals surface area (Å²) >= 11 is 0. The van der Waals surface area contributed by atoms with Gasteiger partial charge in [0.05, 0.1) is 29.4 Å². The number of fused-ring (bicyclic) bond motifs is 2. The van der Waals surface area contributed by atoms with Gasteiger partial charge in [0.2, 0.25) is 0 Å². The molecule has 5 aromatic rings. The van der Waals surface area contributed by atoms with Gasteiger partial charge in [0, 0.05) is 23.0 Å². The van der Waals surface area contributed by atoms with Crippen LogP contribution >= 0.6 is 0 Å². The topological polar surface area (TPSA) is 83.4 Å². The summed E-state index contributed by atoms with van der Waals surface area (Å²) in [6, 6.07) is 15.3. The number of benzene rings is 1. The summed E-state index contributed by atoms with van der Waals surface area (Å²) in [6.07, 6.45) is 3.72. The van der Waals surface area contributed by atoms with Crippen LogP contribution in [0.25, 0.3) is 33.5 Å². The Morgan fingerprint density at radius 3 is 2.61 bits per heavy atom.